The van der Waals surface area contributed by atoms with Crippen molar-refractivity contribution in [2.45, 2.75) is 13.8 Å². The maximum absolute atomic E-state index is 11.4. The summed E-state index contributed by atoms with van der Waals surface area (Å²) in [5.41, 5.74) is 7.53. The van der Waals surface area contributed by atoms with Crippen molar-refractivity contribution in [2.75, 3.05) is 0 Å². The van der Waals surface area contributed by atoms with Gasteiger partial charge in [-0.15, -0.1) is 0 Å². The number of ether oxygens (including phenoxy) is 1. The second-order valence-electron chi connectivity index (χ2n) is 3.03. The van der Waals surface area contributed by atoms with E-state index in [9.17, 15) is 4.79 Å². The second kappa shape index (κ2) is 4.19. The maximum atomic E-state index is 11.4. The summed E-state index contributed by atoms with van der Waals surface area (Å²) >= 11 is 4.48. The van der Waals surface area contributed by atoms with Gasteiger partial charge < -0.3 is 10.5 Å². The molecule has 0 amide bonds. The van der Waals surface area contributed by atoms with Gasteiger partial charge in [0.15, 0.2) is 0 Å². The molecule has 0 heterocycles. The number of benzene rings is 1. The van der Waals surface area contributed by atoms with Gasteiger partial charge in [-0.1, -0.05) is 17.7 Å². The van der Waals surface area contributed by atoms with E-state index in [-0.39, 0.29) is 5.17 Å². The number of hydrogen-bond donors (Lipinski definition) is 1. The zero-order valence-electron chi connectivity index (χ0n) is 8.03. The van der Waals surface area contributed by atoms with E-state index in [1.165, 1.54) is 0 Å². The minimum atomic E-state index is -0.505. The highest BCUT2D eigenvalue weighted by Crippen LogP contribution is 2.11. The monoisotopic (exact) mass is 209 g/mol. The predicted octanol–water partition coefficient (Wildman–Crippen LogP) is 1.70. The van der Waals surface area contributed by atoms with Crippen LogP contribution >= 0.6 is 12.2 Å². The highest BCUT2D eigenvalue weighted by molar-refractivity contribution is 7.80. The number of thiocarbonyl (C=S) groups is 1. The van der Waals surface area contributed by atoms with Crippen molar-refractivity contribution in [3.8, 4) is 0 Å². The van der Waals surface area contributed by atoms with Crippen LogP contribution in [0.5, 0.6) is 0 Å². The fourth-order valence-electron chi connectivity index (χ4n) is 1.19. The lowest BCUT2D eigenvalue weighted by molar-refractivity contribution is 0.0719. The lowest BCUT2D eigenvalue weighted by atomic mass is 10.1. The number of rotatable bonds is 1. The Bertz CT molecular complexity index is 388. The van der Waals surface area contributed by atoms with Gasteiger partial charge >= 0.3 is 5.97 Å². The van der Waals surface area contributed by atoms with Crippen LogP contribution in [0.3, 0.4) is 0 Å². The van der Waals surface area contributed by atoms with Crippen LogP contribution in [0, 0.1) is 13.8 Å². The summed E-state index contributed by atoms with van der Waals surface area (Å²) in [6, 6.07) is 5.44. The first-order valence-corrected chi connectivity index (χ1v) is 4.50. The minimum absolute atomic E-state index is 0.255. The molecular formula is C10H11NO2S. The fraction of sp³-hybridized carbons (Fsp3) is 0.200. The Hall–Kier alpha value is -1.42. The molecule has 74 valence electrons. The summed E-state index contributed by atoms with van der Waals surface area (Å²) in [5.74, 6) is -0.505. The molecule has 4 heteroatoms. The maximum Gasteiger partial charge on any atom is 0.345 e. The average Bonchev–Trinajstić information content (AvgIpc) is 2.01. The van der Waals surface area contributed by atoms with Crippen LogP contribution < -0.4 is 5.73 Å². The molecule has 0 aliphatic heterocycles. The summed E-state index contributed by atoms with van der Waals surface area (Å²) in [4.78, 5) is 11.4. The molecule has 0 saturated carbocycles. The largest absolute Gasteiger partial charge is 0.396 e. The van der Waals surface area contributed by atoms with Gasteiger partial charge in [-0.25, -0.2) is 4.79 Å². The third-order valence-electron chi connectivity index (χ3n) is 1.80. The Morgan fingerprint density at radius 2 is 2.07 bits per heavy atom. The first kappa shape index (κ1) is 10.7. The Kier molecular flexibility index (Phi) is 3.19. The lowest BCUT2D eigenvalue weighted by Gasteiger charge is -2.05. The highest BCUT2D eigenvalue weighted by Gasteiger charge is 2.11. The van der Waals surface area contributed by atoms with E-state index < -0.39 is 5.97 Å². The van der Waals surface area contributed by atoms with Gasteiger partial charge in [0.1, 0.15) is 0 Å². The van der Waals surface area contributed by atoms with E-state index in [4.69, 9.17) is 5.73 Å². The van der Waals surface area contributed by atoms with Gasteiger partial charge in [-0.2, -0.15) is 0 Å². The van der Waals surface area contributed by atoms with Crippen LogP contribution in [-0.4, -0.2) is 11.1 Å². The van der Waals surface area contributed by atoms with Crippen molar-refractivity contribution in [3.05, 3.63) is 34.9 Å². The van der Waals surface area contributed by atoms with E-state index in [0.717, 1.165) is 11.1 Å². The summed E-state index contributed by atoms with van der Waals surface area (Å²) in [5, 5.41) is -0.255. The Balaban J connectivity index is 2.96. The molecule has 0 saturated heterocycles. The Morgan fingerprint density at radius 3 is 2.57 bits per heavy atom. The van der Waals surface area contributed by atoms with Gasteiger partial charge in [0, 0.05) is 0 Å². The van der Waals surface area contributed by atoms with Crippen molar-refractivity contribution in [3.63, 3.8) is 0 Å². The molecule has 14 heavy (non-hydrogen) atoms. The quantitative estimate of drug-likeness (QED) is 0.565. The molecule has 0 aliphatic carbocycles. The van der Waals surface area contributed by atoms with Crippen molar-refractivity contribution >= 4 is 23.4 Å². The smallest absolute Gasteiger partial charge is 0.345 e. The standard InChI is InChI=1S/C10H11NO2S/c1-6-3-4-8(7(2)5-6)9(12)13-10(11)14/h3-5H,1-2H3,(H2,11,14). The topological polar surface area (TPSA) is 52.3 Å². The van der Waals surface area contributed by atoms with Crippen molar-refractivity contribution in [1.29, 1.82) is 0 Å². The highest BCUT2D eigenvalue weighted by atomic mass is 32.1. The minimum Gasteiger partial charge on any atom is -0.396 e. The van der Waals surface area contributed by atoms with Crippen LogP contribution in [0.1, 0.15) is 21.5 Å². The van der Waals surface area contributed by atoms with E-state index in [1.54, 1.807) is 6.07 Å². The van der Waals surface area contributed by atoms with E-state index >= 15 is 0 Å². The van der Waals surface area contributed by atoms with Crippen molar-refractivity contribution in [1.82, 2.24) is 0 Å². The first-order chi connectivity index (χ1) is 6.50. The predicted molar refractivity (Wildman–Crippen MR) is 58.1 cm³/mol. The Labute approximate surface area is 87.9 Å². The molecule has 1 aromatic rings. The molecular weight excluding hydrogens is 198 g/mol. The molecule has 0 radical (unpaired) electrons. The average molecular weight is 209 g/mol. The number of esters is 1. The van der Waals surface area contributed by atoms with Gasteiger partial charge in [0.2, 0.25) is 0 Å². The third kappa shape index (κ3) is 2.53. The van der Waals surface area contributed by atoms with Crippen molar-refractivity contribution < 1.29 is 9.53 Å². The number of nitrogens with two attached hydrogens (primary N) is 1. The zero-order chi connectivity index (χ0) is 10.7. The molecule has 0 fully saturated rings. The summed E-state index contributed by atoms with van der Waals surface area (Å²) < 4.78 is 4.63. The molecule has 0 atom stereocenters. The van der Waals surface area contributed by atoms with Crippen LogP contribution in [0.25, 0.3) is 0 Å². The Morgan fingerprint density at radius 1 is 1.43 bits per heavy atom. The molecule has 1 aromatic carbocycles. The van der Waals surface area contributed by atoms with Gasteiger partial charge in [-0.3, -0.25) is 0 Å². The van der Waals surface area contributed by atoms with Crippen LogP contribution in [0.2, 0.25) is 0 Å². The van der Waals surface area contributed by atoms with Crippen molar-refractivity contribution in [2.24, 2.45) is 5.73 Å². The summed E-state index contributed by atoms with van der Waals surface area (Å²) in [6.07, 6.45) is 0. The number of carbonyl (C=O) groups is 1. The van der Waals surface area contributed by atoms with Crippen LogP contribution in [-0.2, 0) is 4.74 Å². The van der Waals surface area contributed by atoms with Crippen LogP contribution in [0.4, 0.5) is 0 Å². The first-order valence-electron chi connectivity index (χ1n) is 4.09. The van der Waals surface area contributed by atoms with E-state index in [0.29, 0.717) is 5.56 Å². The lowest BCUT2D eigenvalue weighted by Crippen LogP contribution is -2.18. The third-order valence-corrected chi connectivity index (χ3v) is 1.88. The SMILES string of the molecule is Cc1ccc(C(=O)OC(N)=S)c(C)c1. The number of carbonyl (C=O) groups excluding carboxylic acids is 1. The molecule has 0 aromatic heterocycles. The summed E-state index contributed by atoms with van der Waals surface area (Å²) in [7, 11) is 0. The molecule has 0 aliphatic rings. The zero-order valence-corrected chi connectivity index (χ0v) is 8.85. The van der Waals surface area contributed by atoms with Gasteiger partial charge in [0.25, 0.3) is 5.17 Å². The van der Waals surface area contributed by atoms with Gasteiger partial charge in [0.05, 0.1) is 5.56 Å². The second-order valence-corrected chi connectivity index (χ2v) is 3.43. The van der Waals surface area contributed by atoms with E-state index in [2.05, 4.69) is 17.0 Å². The molecule has 0 unspecified atom stereocenters. The molecule has 3 nitrogen and oxygen atoms in total. The van der Waals surface area contributed by atoms with Crippen LogP contribution in [0.15, 0.2) is 18.2 Å². The van der Waals surface area contributed by atoms with E-state index in [1.807, 2.05) is 26.0 Å². The molecule has 0 bridgehead atoms. The molecule has 2 N–H and O–H groups in total. The number of hydrogen-bond acceptors (Lipinski definition) is 3. The fourth-order valence-corrected chi connectivity index (χ4v) is 1.26. The number of aryl methyl sites for hydroxylation is 2. The normalized spacial score (nSPS) is 9.57. The van der Waals surface area contributed by atoms with Gasteiger partial charge in [-0.05, 0) is 37.7 Å². The molecule has 1 rings (SSSR count). The summed E-state index contributed by atoms with van der Waals surface area (Å²) in [6.45, 7) is 3.79. The molecule has 0 spiro atoms.